The first-order chi connectivity index (χ1) is 14.6. The molecule has 0 aliphatic rings. The number of rotatable bonds is 9. The Hall–Kier alpha value is -3.68. The number of hydrazone groups is 1. The molecule has 0 aliphatic heterocycles. The summed E-state index contributed by atoms with van der Waals surface area (Å²) in [7, 11) is 4.61. The Morgan fingerprint density at radius 1 is 1.07 bits per heavy atom. The third-order valence-electron chi connectivity index (χ3n) is 4.38. The molecule has 30 heavy (non-hydrogen) atoms. The highest BCUT2D eigenvalue weighted by Crippen LogP contribution is 2.37. The molecular weight excluding hydrogens is 386 g/mol. The number of H-pyrrole nitrogens is 1. The fourth-order valence-electron chi connectivity index (χ4n) is 2.94. The van der Waals surface area contributed by atoms with E-state index in [0.29, 0.717) is 35.1 Å². The molecule has 0 radical (unpaired) electrons. The summed E-state index contributed by atoms with van der Waals surface area (Å²) in [6.07, 6.45) is 2.44. The SMILES string of the molecule is CCCOc1ccc2[nH]c(C(=O)N/N=C\c3cc(OC)c(OC)c(OC)c3)cc2c1. The summed E-state index contributed by atoms with van der Waals surface area (Å²) in [5, 5.41) is 4.92. The van der Waals surface area contributed by atoms with Crippen LogP contribution in [0, 0.1) is 0 Å². The molecule has 8 nitrogen and oxygen atoms in total. The lowest BCUT2D eigenvalue weighted by atomic mass is 10.2. The number of fused-ring (bicyclic) bond motifs is 1. The lowest BCUT2D eigenvalue weighted by Gasteiger charge is -2.12. The molecule has 2 N–H and O–H groups in total. The van der Waals surface area contributed by atoms with Crippen molar-refractivity contribution in [2.75, 3.05) is 27.9 Å². The molecule has 0 bridgehead atoms. The molecule has 1 aromatic heterocycles. The van der Waals surface area contributed by atoms with Crippen LogP contribution in [0.25, 0.3) is 10.9 Å². The quantitative estimate of drug-likeness (QED) is 0.413. The van der Waals surface area contributed by atoms with Gasteiger partial charge in [-0.3, -0.25) is 4.79 Å². The van der Waals surface area contributed by atoms with Crippen molar-refractivity contribution >= 4 is 23.0 Å². The van der Waals surface area contributed by atoms with E-state index in [1.54, 1.807) is 18.2 Å². The third-order valence-corrected chi connectivity index (χ3v) is 4.38. The van der Waals surface area contributed by atoms with Gasteiger partial charge in [-0.15, -0.1) is 0 Å². The summed E-state index contributed by atoms with van der Waals surface area (Å²) in [5.74, 6) is 1.91. The number of hydrogen-bond acceptors (Lipinski definition) is 6. The van der Waals surface area contributed by atoms with Crippen molar-refractivity contribution in [2.45, 2.75) is 13.3 Å². The molecule has 3 rings (SSSR count). The van der Waals surface area contributed by atoms with Crippen LogP contribution in [0.3, 0.4) is 0 Å². The standard InChI is InChI=1S/C22H25N3O5/c1-5-8-30-16-6-7-17-15(11-16)12-18(24-17)22(26)25-23-13-14-9-19(27-2)21(29-4)20(10-14)28-3/h6-7,9-13,24H,5,8H2,1-4H3,(H,25,26)/b23-13-. The van der Waals surface area contributed by atoms with Gasteiger partial charge in [-0.2, -0.15) is 5.10 Å². The number of aromatic nitrogens is 1. The lowest BCUT2D eigenvalue weighted by Crippen LogP contribution is -2.17. The monoisotopic (exact) mass is 411 g/mol. The summed E-state index contributed by atoms with van der Waals surface area (Å²) in [5.41, 5.74) is 4.44. The summed E-state index contributed by atoms with van der Waals surface area (Å²) >= 11 is 0. The maximum absolute atomic E-state index is 12.5. The van der Waals surface area contributed by atoms with Gasteiger partial charge in [0, 0.05) is 16.5 Å². The number of amides is 1. The summed E-state index contributed by atoms with van der Waals surface area (Å²) in [4.78, 5) is 15.5. The molecule has 2 aromatic carbocycles. The Labute approximate surface area is 174 Å². The highest BCUT2D eigenvalue weighted by molar-refractivity contribution is 5.98. The predicted molar refractivity (Wildman–Crippen MR) is 115 cm³/mol. The third kappa shape index (κ3) is 4.65. The maximum Gasteiger partial charge on any atom is 0.287 e. The first-order valence-corrected chi connectivity index (χ1v) is 9.48. The van der Waals surface area contributed by atoms with E-state index in [9.17, 15) is 4.79 Å². The number of nitrogens with one attached hydrogen (secondary N) is 2. The van der Waals surface area contributed by atoms with Gasteiger partial charge in [0.1, 0.15) is 11.4 Å². The average molecular weight is 411 g/mol. The minimum atomic E-state index is -0.356. The Bertz CT molecular complexity index is 1030. The molecule has 0 atom stereocenters. The lowest BCUT2D eigenvalue weighted by molar-refractivity contribution is 0.0951. The van der Waals surface area contributed by atoms with E-state index in [4.69, 9.17) is 18.9 Å². The molecule has 8 heteroatoms. The van der Waals surface area contributed by atoms with E-state index in [0.717, 1.165) is 23.1 Å². The number of carbonyl (C=O) groups excluding carboxylic acids is 1. The minimum Gasteiger partial charge on any atom is -0.494 e. The smallest absolute Gasteiger partial charge is 0.287 e. The van der Waals surface area contributed by atoms with Crippen molar-refractivity contribution in [1.29, 1.82) is 0 Å². The number of methoxy groups -OCH3 is 3. The molecular formula is C22H25N3O5. The second-order valence-electron chi connectivity index (χ2n) is 6.44. The Morgan fingerprint density at radius 2 is 1.80 bits per heavy atom. The van der Waals surface area contributed by atoms with Crippen LogP contribution in [0.2, 0.25) is 0 Å². The van der Waals surface area contributed by atoms with Crippen molar-refractivity contribution < 1.29 is 23.7 Å². The van der Waals surface area contributed by atoms with Gasteiger partial charge in [0.05, 0.1) is 34.2 Å². The predicted octanol–water partition coefficient (Wildman–Crippen LogP) is 3.75. The van der Waals surface area contributed by atoms with Crippen LogP contribution in [0.15, 0.2) is 41.5 Å². The molecule has 0 fully saturated rings. The first kappa shape index (κ1) is 21.0. The highest BCUT2D eigenvalue weighted by atomic mass is 16.5. The Balaban J connectivity index is 1.73. The normalized spacial score (nSPS) is 10.9. The highest BCUT2D eigenvalue weighted by Gasteiger charge is 2.13. The van der Waals surface area contributed by atoms with Gasteiger partial charge in [-0.25, -0.2) is 5.43 Å². The molecule has 1 amide bonds. The number of carbonyl (C=O) groups is 1. The molecule has 0 unspecified atom stereocenters. The summed E-state index contributed by atoms with van der Waals surface area (Å²) in [6, 6.07) is 10.9. The topological polar surface area (TPSA) is 94.2 Å². The second kappa shape index (κ2) is 9.69. The zero-order chi connectivity index (χ0) is 21.5. The average Bonchev–Trinajstić information content (AvgIpc) is 3.20. The largest absolute Gasteiger partial charge is 0.494 e. The van der Waals surface area contributed by atoms with E-state index in [-0.39, 0.29) is 5.91 Å². The number of nitrogens with zero attached hydrogens (tertiary/aromatic N) is 1. The van der Waals surface area contributed by atoms with E-state index in [1.807, 2.05) is 18.2 Å². The fourth-order valence-corrected chi connectivity index (χ4v) is 2.94. The first-order valence-electron chi connectivity index (χ1n) is 9.48. The van der Waals surface area contributed by atoms with Crippen LogP contribution in [-0.2, 0) is 0 Å². The van der Waals surface area contributed by atoms with Gasteiger partial charge in [0.25, 0.3) is 5.91 Å². The Kier molecular flexibility index (Phi) is 6.79. The van der Waals surface area contributed by atoms with Gasteiger partial charge in [0.15, 0.2) is 11.5 Å². The van der Waals surface area contributed by atoms with Crippen LogP contribution in [0.5, 0.6) is 23.0 Å². The second-order valence-corrected chi connectivity index (χ2v) is 6.44. The van der Waals surface area contributed by atoms with Gasteiger partial charge < -0.3 is 23.9 Å². The van der Waals surface area contributed by atoms with Crippen LogP contribution >= 0.6 is 0 Å². The van der Waals surface area contributed by atoms with Gasteiger partial charge in [-0.05, 0) is 42.8 Å². The minimum absolute atomic E-state index is 0.356. The molecule has 1 heterocycles. The van der Waals surface area contributed by atoms with Gasteiger partial charge >= 0.3 is 0 Å². The summed E-state index contributed by atoms with van der Waals surface area (Å²) < 4.78 is 21.6. The Morgan fingerprint density at radius 3 is 2.43 bits per heavy atom. The van der Waals surface area contributed by atoms with Gasteiger partial charge in [0.2, 0.25) is 5.75 Å². The zero-order valence-electron chi connectivity index (χ0n) is 17.4. The molecule has 0 aliphatic carbocycles. The van der Waals surface area contributed by atoms with Crippen molar-refractivity contribution in [3.8, 4) is 23.0 Å². The number of hydrogen-bond donors (Lipinski definition) is 2. The van der Waals surface area contributed by atoms with Crippen LogP contribution < -0.4 is 24.4 Å². The molecule has 0 saturated carbocycles. The van der Waals surface area contributed by atoms with Crippen LogP contribution in [-0.4, -0.2) is 45.0 Å². The molecule has 3 aromatic rings. The van der Waals surface area contributed by atoms with Crippen molar-refractivity contribution in [3.05, 3.63) is 47.7 Å². The molecule has 0 saturated heterocycles. The van der Waals surface area contributed by atoms with Crippen LogP contribution in [0.4, 0.5) is 0 Å². The van der Waals surface area contributed by atoms with Crippen LogP contribution in [0.1, 0.15) is 29.4 Å². The zero-order valence-corrected chi connectivity index (χ0v) is 17.4. The molecule has 0 spiro atoms. The van der Waals surface area contributed by atoms with Crippen molar-refractivity contribution in [3.63, 3.8) is 0 Å². The summed E-state index contributed by atoms with van der Waals surface area (Å²) in [6.45, 7) is 2.70. The van der Waals surface area contributed by atoms with E-state index >= 15 is 0 Å². The van der Waals surface area contributed by atoms with E-state index in [2.05, 4.69) is 22.4 Å². The van der Waals surface area contributed by atoms with Gasteiger partial charge in [-0.1, -0.05) is 6.92 Å². The van der Waals surface area contributed by atoms with Crippen molar-refractivity contribution in [1.82, 2.24) is 10.4 Å². The fraction of sp³-hybridized carbons (Fsp3) is 0.273. The molecule has 158 valence electrons. The number of ether oxygens (including phenoxy) is 4. The van der Waals surface area contributed by atoms with E-state index in [1.165, 1.54) is 27.5 Å². The number of benzene rings is 2. The number of aromatic amines is 1. The maximum atomic E-state index is 12.5. The van der Waals surface area contributed by atoms with E-state index < -0.39 is 0 Å². The van der Waals surface area contributed by atoms with Crippen molar-refractivity contribution in [2.24, 2.45) is 5.10 Å².